The maximum absolute atomic E-state index is 13.0. The molecule has 2 amide bonds. The smallest absolute Gasteiger partial charge is 0.255 e. The van der Waals surface area contributed by atoms with Gasteiger partial charge in [-0.05, 0) is 61.6 Å². The Bertz CT molecular complexity index is 983. The van der Waals surface area contributed by atoms with Crippen molar-refractivity contribution in [2.45, 2.75) is 18.9 Å². The zero-order valence-electron chi connectivity index (χ0n) is 16.7. The minimum atomic E-state index is -0.232. The summed E-state index contributed by atoms with van der Waals surface area (Å²) in [5, 5.41) is 8.04. The van der Waals surface area contributed by atoms with Crippen LogP contribution in [0.3, 0.4) is 0 Å². The van der Waals surface area contributed by atoms with Crippen LogP contribution in [0, 0.1) is 0 Å². The molecule has 0 saturated carbocycles. The third-order valence-electron chi connectivity index (χ3n) is 5.36. The second-order valence-electron chi connectivity index (χ2n) is 7.35. The summed E-state index contributed by atoms with van der Waals surface area (Å²) in [6.07, 6.45) is 2.40. The molecule has 6 heteroatoms. The van der Waals surface area contributed by atoms with Crippen LogP contribution in [-0.4, -0.2) is 36.3 Å². The Hall–Kier alpha value is -2.96. The number of carbonyl (C=O) groups is 2. The van der Waals surface area contributed by atoms with E-state index in [1.54, 1.807) is 35.6 Å². The van der Waals surface area contributed by atoms with E-state index in [0.717, 1.165) is 13.1 Å². The fraction of sp³-hybridized carbons (Fsp3) is 0.250. The molecule has 2 aromatic carbocycles. The molecule has 4 rings (SSSR count). The van der Waals surface area contributed by atoms with Crippen molar-refractivity contribution in [2.75, 3.05) is 25.0 Å². The lowest BCUT2D eigenvalue weighted by Gasteiger charge is -2.27. The lowest BCUT2D eigenvalue weighted by Crippen LogP contribution is -2.36. The molecule has 0 radical (unpaired) electrons. The first kappa shape index (κ1) is 20.3. The highest BCUT2D eigenvalue weighted by molar-refractivity contribution is 7.10. The zero-order valence-corrected chi connectivity index (χ0v) is 17.5. The number of para-hydroxylation sites is 1. The molecule has 1 unspecified atom stereocenters. The van der Waals surface area contributed by atoms with Crippen LogP contribution in [0.1, 0.15) is 44.5 Å². The predicted molar refractivity (Wildman–Crippen MR) is 121 cm³/mol. The Labute approximate surface area is 180 Å². The van der Waals surface area contributed by atoms with Crippen LogP contribution in [0.5, 0.6) is 0 Å². The van der Waals surface area contributed by atoms with Gasteiger partial charge >= 0.3 is 0 Å². The average Bonchev–Trinajstić information content (AvgIpc) is 3.50. The normalized spacial score (nSPS) is 14.9. The molecular weight excluding hydrogens is 394 g/mol. The Morgan fingerprint density at radius 2 is 1.63 bits per heavy atom. The van der Waals surface area contributed by atoms with Crippen LogP contribution in [0.2, 0.25) is 0 Å². The molecule has 5 nitrogen and oxygen atoms in total. The number of hydrogen-bond acceptors (Lipinski definition) is 4. The van der Waals surface area contributed by atoms with Crippen molar-refractivity contribution >= 4 is 28.8 Å². The minimum absolute atomic E-state index is 0.181. The number of likely N-dealkylation sites (tertiary alicyclic amines) is 1. The summed E-state index contributed by atoms with van der Waals surface area (Å²) in [5.41, 5.74) is 1.53. The molecule has 1 aliphatic rings. The molecule has 2 N–H and O–H groups in total. The van der Waals surface area contributed by atoms with Crippen LogP contribution in [-0.2, 0) is 0 Å². The Balaban J connectivity index is 1.46. The van der Waals surface area contributed by atoms with Gasteiger partial charge < -0.3 is 10.6 Å². The van der Waals surface area contributed by atoms with Gasteiger partial charge in [-0.1, -0.05) is 36.4 Å². The number of nitrogens with zero attached hydrogens (tertiary/aromatic N) is 1. The first-order valence-electron chi connectivity index (χ1n) is 10.2. The molecule has 154 valence electrons. The third-order valence-corrected chi connectivity index (χ3v) is 6.34. The van der Waals surface area contributed by atoms with Crippen molar-refractivity contribution in [3.05, 3.63) is 88.1 Å². The number of anilines is 1. The molecule has 1 fully saturated rings. The van der Waals surface area contributed by atoms with Crippen molar-refractivity contribution in [2.24, 2.45) is 0 Å². The van der Waals surface area contributed by atoms with Gasteiger partial charge in [0.15, 0.2) is 0 Å². The van der Waals surface area contributed by atoms with E-state index >= 15 is 0 Å². The van der Waals surface area contributed by atoms with Gasteiger partial charge in [-0.3, -0.25) is 14.5 Å². The van der Waals surface area contributed by atoms with Gasteiger partial charge in [-0.15, -0.1) is 11.3 Å². The number of hydrogen-bond donors (Lipinski definition) is 2. The summed E-state index contributed by atoms with van der Waals surface area (Å²) in [6, 6.07) is 20.5. The maximum atomic E-state index is 13.0. The lowest BCUT2D eigenvalue weighted by molar-refractivity contribution is 0.0939. The number of rotatable bonds is 7. The average molecular weight is 420 g/mol. The van der Waals surface area contributed by atoms with Crippen LogP contribution < -0.4 is 10.6 Å². The van der Waals surface area contributed by atoms with Gasteiger partial charge in [0.1, 0.15) is 0 Å². The van der Waals surface area contributed by atoms with E-state index in [0.29, 0.717) is 23.4 Å². The Morgan fingerprint density at radius 3 is 2.37 bits per heavy atom. The summed E-state index contributed by atoms with van der Waals surface area (Å²) in [4.78, 5) is 29.2. The summed E-state index contributed by atoms with van der Waals surface area (Å²) in [7, 11) is 0. The molecule has 2 heterocycles. The topological polar surface area (TPSA) is 61.4 Å². The Kier molecular flexibility index (Phi) is 6.57. The van der Waals surface area contributed by atoms with Gasteiger partial charge in [0.2, 0.25) is 0 Å². The van der Waals surface area contributed by atoms with E-state index in [2.05, 4.69) is 33.0 Å². The fourth-order valence-corrected chi connectivity index (χ4v) is 4.66. The first-order valence-corrected chi connectivity index (χ1v) is 11.1. The predicted octanol–water partition coefficient (Wildman–Crippen LogP) is 4.57. The summed E-state index contributed by atoms with van der Waals surface area (Å²) >= 11 is 1.72. The van der Waals surface area contributed by atoms with E-state index in [1.807, 2.05) is 30.3 Å². The largest absolute Gasteiger partial charge is 0.350 e. The molecule has 0 spiro atoms. The van der Waals surface area contributed by atoms with Gasteiger partial charge in [0.05, 0.1) is 17.3 Å². The van der Waals surface area contributed by atoms with E-state index in [4.69, 9.17) is 0 Å². The van der Waals surface area contributed by atoms with Gasteiger partial charge in [-0.2, -0.15) is 0 Å². The summed E-state index contributed by atoms with van der Waals surface area (Å²) < 4.78 is 0. The molecule has 1 saturated heterocycles. The molecule has 3 aromatic rings. The zero-order chi connectivity index (χ0) is 20.8. The lowest BCUT2D eigenvalue weighted by atomic mass is 10.1. The molecular formula is C24H25N3O2S. The van der Waals surface area contributed by atoms with E-state index in [1.165, 1.54) is 17.7 Å². The fourth-order valence-electron chi connectivity index (χ4n) is 3.80. The number of benzene rings is 2. The number of carbonyl (C=O) groups excluding carboxylic acids is 2. The van der Waals surface area contributed by atoms with Gasteiger partial charge in [0.25, 0.3) is 11.8 Å². The van der Waals surface area contributed by atoms with Crippen molar-refractivity contribution in [1.82, 2.24) is 10.2 Å². The summed E-state index contributed by atoms with van der Waals surface area (Å²) in [6.45, 7) is 2.66. The minimum Gasteiger partial charge on any atom is -0.350 e. The highest BCUT2D eigenvalue weighted by Gasteiger charge is 2.25. The number of amides is 2. The van der Waals surface area contributed by atoms with Crippen LogP contribution in [0.15, 0.2) is 72.1 Å². The molecule has 1 atom stereocenters. The first-order chi connectivity index (χ1) is 14.7. The third kappa shape index (κ3) is 4.78. The quantitative estimate of drug-likeness (QED) is 0.590. The van der Waals surface area contributed by atoms with Crippen molar-refractivity contribution in [1.29, 1.82) is 0 Å². The van der Waals surface area contributed by atoms with Crippen molar-refractivity contribution < 1.29 is 9.59 Å². The van der Waals surface area contributed by atoms with E-state index < -0.39 is 0 Å². The number of thiophene rings is 1. The second-order valence-corrected chi connectivity index (χ2v) is 8.33. The van der Waals surface area contributed by atoms with Crippen LogP contribution in [0.4, 0.5) is 5.69 Å². The van der Waals surface area contributed by atoms with E-state index in [9.17, 15) is 9.59 Å². The maximum Gasteiger partial charge on any atom is 0.255 e. The number of nitrogens with one attached hydrogen (secondary N) is 2. The van der Waals surface area contributed by atoms with Gasteiger partial charge in [-0.25, -0.2) is 0 Å². The van der Waals surface area contributed by atoms with E-state index in [-0.39, 0.29) is 17.9 Å². The van der Waals surface area contributed by atoms with Crippen molar-refractivity contribution in [3.63, 3.8) is 0 Å². The summed E-state index contributed by atoms with van der Waals surface area (Å²) in [5.74, 6) is -0.413. The highest BCUT2D eigenvalue weighted by Crippen LogP contribution is 2.28. The molecule has 30 heavy (non-hydrogen) atoms. The molecule has 1 aliphatic heterocycles. The molecule has 1 aromatic heterocycles. The van der Waals surface area contributed by atoms with Gasteiger partial charge in [0, 0.05) is 17.0 Å². The monoisotopic (exact) mass is 419 g/mol. The standard InChI is InChI=1S/C24H25N3O2S/c28-23(18-9-2-1-3-10-18)26-20-12-5-4-11-19(20)24(29)25-17-21(22-13-8-16-30-22)27-14-6-7-15-27/h1-5,8-13,16,21H,6-7,14-15,17H2,(H,25,29)(H,26,28). The van der Waals surface area contributed by atoms with Crippen molar-refractivity contribution in [3.8, 4) is 0 Å². The molecule has 0 bridgehead atoms. The second kappa shape index (κ2) is 9.69. The van der Waals surface area contributed by atoms with Crippen LogP contribution >= 0.6 is 11.3 Å². The highest BCUT2D eigenvalue weighted by atomic mass is 32.1. The van der Waals surface area contributed by atoms with Crippen LogP contribution in [0.25, 0.3) is 0 Å². The SMILES string of the molecule is O=C(Nc1ccccc1C(=O)NCC(c1cccs1)N1CCCC1)c1ccccc1. The molecule has 0 aliphatic carbocycles. The Morgan fingerprint density at radius 1 is 0.900 bits per heavy atom.